The van der Waals surface area contributed by atoms with Gasteiger partial charge in [0.05, 0.1) is 0 Å². The fourth-order valence-electron chi connectivity index (χ4n) is 0.586. The van der Waals surface area contributed by atoms with Crippen LogP contribution in [0.25, 0.3) is 0 Å². The Labute approximate surface area is 99.1 Å². The molecule has 0 aliphatic carbocycles. The number of hydrogen-bond acceptors (Lipinski definition) is 0. The first-order chi connectivity index (χ1) is 3.93. The van der Waals surface area contributed by atoms with E-state index < -0.39 is 0 Å². The Bertz CT molecular complexity index is 146. The van der Waals surface area contributed by atoms with Gasteiger partial charge < -0.3 is 6.92 Å². The van der Waals surface area contributed by atoms with Gasteiger partial charge in [-0.25, -0.2) is 0 Å². The van der Waals surface area contributed by atoms with Crippen molar-refractivity contribution in [1.82, 2.24) is 0 Å². The van der Waals surface area contributed by atoms with Gasteiger partial charge >= 0.3 is 51.4 Å². The van der Waals surface area contributed by atoms with Crippen LogP contribution in [0.3, 0.4) is 0 Å². The molecule has 0 amide bonds. The standard InChI is InChI=1S/C8H8.K/c1-2-8-6-4-3-5-7-8;/h3-6H,1-2H2;/q-2;+1. The average Bonchev–Trinajstić information content (AvgIpc) is 1.90. The fraction of sp³-hybridized carbons (Fsp3) is 0.125. The molecule has 1 aromatic rings. The smallest absolute Gasteiger partial charge is 0.341 e. The molecule has 0 atom stereocenters. The first-order valence-electron chi connectivity index (χ1n) is 2.68. The van der Waals surface area contributed by atoms with Gasteiger partial charge in [0.25, 0.3) is 0 Å². The van der Waals surface area contributed by atoms with E-state index >= 15 is 0 Å². The van der Waals surface area contributed by atoms with Crippen LogP contribution >= 0.6 is 0 Å². The molecule has 0 bridgehead atoms. The zero-order valence-corrected chi connectivity index (χ0v) is 8.85. The SMILES string of the molecule is [CH2-]Cc1[c-]cccc1.[K+]. The fourth-order valence-corrected chi connectivity index (χ4v) is 0.586. The van der Waals surface area contributed by atoms with E-state index in [1.807, 2.05) is 24.3 Å². The van der Waals surface area contributed by atoms with Gasteiger partial charge in [-0.1, -0.05) is 0 Å². The van der Waals surface area contributed by atoms with Crippen LogP contribution < -0.4 is 51.4 Å². The van der Waals surface area contributed by atoms with Crippen LogP contribution in [0.15, 0.2) is 24.3 Å². The van der Waals surface area contributed by atoms with Gasteiger partial charge in [0.2, 0.25) is 0 Å². The zero-order chi connectivity index (χ0) is 5.82. The quantitative estimate of drug-likeness (QED) is 0.345. The van der Waals surface area contributed by atoms with Crippen molar-refractivity contribution in [1.29, 1.82) is 0 Å². The second kappa shape index (κ2) is 5.63. The van der Waals surface area contributed by atoms with E-state index in [1.54, 1.807) is 0 Å². The number of benzene rings is 1. The monoisotopic (exact) mass is 143 g/mol. The van der Waals surface area contributed by atoms with Gasteiger partial charge in [-0.2, -0.15) is 42.3 Å². The summed E-state index contributed by atoms with van der Waals surface area (Å²) in [7, 11) is 0. The molecular weight excluding hydrogens is 135 g/mol. The van der Waals surface area contributed by atoms with Crippen molar-refractivity contribution in [3.05, 3.63) is 42.8 Å². The average molecular weight is 143 g/mol. The molecule has 1 aromatic carbocycles. The Hall–Kier alpha value is 0.856. The van der Waals surface area contributed by atoms with Crippen molar-refractivity contribution >= 4 is 0 Å². The molecule has 0 aliphatic heterocycles. The topological polar surface area (TPSA) is 0 Å². The Morgan fingerprint density at radius 2 is 2.22 bits per heavy atom. The third-order valence-corrected chi connectivity index (χ3v) is 1.04. The summed E-state index contributed by atoms with van der Waals surface area (Å²) in [5, 5.41) is 0. The van der Waals surface area contributed by atoms with Gasteiger partial charge in [-0.05, 0) is 0 Å². The largest absolute Gasteiger partial charge is 1.00 e. The summed E-state index contributed by atoms with van der Waals surface area (Å²) in [6.45, 7) is 3.72. The molecule has 0 nitrogen and oxygen atoms in total. The molecule has 0 radical (unpaired) electrons. The summed E-state index contributed by atoms with van der Waals surface area (Å²) in [4.78, 5) is 0. The molecular formula is C8H8K-. The van der Waals surface area contributed by atoms with E-state index in [0.29, 0.717) is 0 Å². The molecule has 0 heterocycles. The van der Waals surface area contributed by atoms with Crippen LogP contribution in [0.5, 0.6) is 0 Å². The van der Waals surface area contributed by atoms with Crippen molar-refractivity contribution in [2.45, 2.75) is 6.42 Å². The Morgan fingerprint density at radius 1 is 1.44 bits per heavy atom. The Morgan fingerprint density at radius 3 is 2.56 bits per heavy atom. The van der Waals surface area contributed by atoms with Crippen molar-refractivity contribution in [2.75, 3.05) is 0 Å². The van der Waals surface area contributed by atoms with Gasteiger partial charge in [-0.3, -0.25) is 0 Å². The second-order valence-corrected chi connectivity index (χ2v) is 1.64. The van der Waals surface area contributed by atoms with Crippen LogP contribution in [0.1, 0.15) is 5.56 Å². The van der Waals surface area contributed by atoms with Crippen LogP contribution in [-0.4, -0.2) is 0 Å². The molecule has 1 rings (SSSR count). The maximum atomic E-state index is 3.72. The van der Waals surface area contributed by atoms with Gasteiger partial charge in [0, 0.05) is 0 Å². The predicted molar refractivity (Wildman–Crippen MR) is 34.3 cm³/mol. The zero-order valence-electron chi connectivity index (χ0n) is 5.72. The van der Waals surface area contributed by atoms with Gasteiger partial charge in [0.15, 0.2) is 0 Å². The van der Waals surface area contributed by atoms with Crippen LogP contribution in [0, 0.1) is 13.0 Å². The van der Waals surface area contributed by atoms with E-state index in [4.69, 9.17) is 0 Å². The third kappa shape index (κ3) is 3.53. The molecule has 0 spiro atoms. The minimum Gasteiger partial charge on any atom is -0.341 e. The molecule has 0 saturated carbocycles. The summed E-state index contributed by atoms with van der Waals surface area (Å²) >= 11 is 0. The summed E-state index contributed by atoms with van der Waals surface area (Å²) in [6, 6.07) is 10.9. The summed E-state index contributed by atoms with van der Waals surface area (Å²) < 4.78 is 0. The van der Waals surface area contributed by atoms with Crippen molar-refractivity contribution in [3.8, 4) is 0 Å². The van der Waals surface area contributed by atoms with Crippen LogP contribution in [0.2, 0.25) is 0 Å². The van der Waals surface area contributed by atoms with E-state index in [1.165, 1.54) is 5.56 Å². The molecule has 0 fully saturated rings. The minimum absolute atomic E-state index is 0. The molecule has 42 valence electrons. The van der Waals surface area contributed by atoms with E-state index in [0.717, 1.165) is 6.42 Å². The molecule has 0 N–H and O–H groups in total. The van der Waals surface area contributed by atoms with E-state index in [2.05, 4.69) is 13.0 Å². The summed E-state index contributed by atoms with van der Waals surface area (Å²) in [5.41, 5.74) is 1.17. The number of rotatable bonds is 1. The van der Waals surface area contributed by atoms with Gasteiger partial charge in [-0.15, -0.1) is 0 Å². The predicted octanol–water partition coefficient (Wildman–Crippen LogP) is -1.13. The first-order valence-corrected chi connectivity index (χ1v) is 2.68. The van der Waals surface area contributed by atoms with Crippen LogP contribution in [-0.2, 0) is 6.42 Å². The van der Waals surface area contributed by atoms with Crippen LogP contribution in [0.4, 0.5) is 0 Å². The molecule has 1 heteroatoms. The molecule has 0 aliphatic rings. The van der Waals surface area contributed by atoms with Gasteiger partial charge in [0.1, 0.15) is 0 Å². The normalized spacial score (nSPS) is 8.11. The Balaban J connectivity index is 0.000000640. The summed E-state index contributed by atoms with van der Waals surface area (Å²) in [5.74, 6) is 0. The second-order valence-electron chi connectivity index (χ2n) is 1.64. The maximum absolute atomic E-state index is 3.72. The molecule has 0 saturated heterocycles. The first kappa shape index (κ1) is 9.86. The maximum Gasteiger partial charge on any atom is 1.00 e. The number of hydrogen-bond donors (Lipinski definition) is 0. The molecule has 9 heavy (non-hydrogen) atoms. The van der Waals surface area contributed by atoms with Crippen molar-refractivity contribution in [2.24, 2.45) is 0 Å². The van der Waals surface area contributed by atoms with E-state index in [9.17, 15) is 0 Å². The van der Waals surface area contributed by atoms with Crippen molar-refractivity contribution in [3.63, 3.8) is 0 Å². The van der Waals surface area contributed by atoms with Crippen molar-refractivity contribution < 1.29 is 51.4 Å². The minimum atomic E-state index is 0. The Kier molecular flexibility index (Phi) is 6.16. The molecule has 0 aromatic heterocycles. The summed E-state index contributed by atoms with van der Waals surface area (Å²) in [6.07, 6.45) is 0.834. The molecule has 0 unspecified atom stereocenters. The van der Waals surface area contributed by atoms with E-state index in [-0.39, 0.29) is 51.4 Å². The third-order valence-electron chi connectivity index (χ3n) is 1.04.